The van der Waals surface area contributed by atoms with Crippen molar-refractivity contribution >= 4 is 186 Å². The number of nitrogens with zero attached hydrogens (tertiary/aromatic N) is 4. The molecule has 6 heteroatoms. The van der Waals surface area contributed by atoms with Gasteiger partial charge in [0.25, 0.3) is 0 Å². The van der Waals surface area contributed by atoms with Crippen LogP contribution in [0.5, 0.6) is 0 Å². The van der Waals surface area contributed by atoms with E-state index in [9.17, 15) is 0 Å². The van der Waals surface area contributed by atoms with Crippen LogP contribution in [0, 0.1) is 0 Å². The van der Waals surface area contributed by atoms with Gasteiger partial charge in [0.05, 0.1) is 27.8 Å². The summed E-state index contributed by atoms with van der Waals surface area (Å²) in [6.07, 6.45) is 0. The first-order valence-corrected chi connectivity index (χ1v) is 44.5. The molecule has 604 valence electrons. The average molecular weight is 1650 g/mol. The van der Waals surface area contributed by atoms with Gasteiger partial charge in [0, 0.05) is 88.3 Å². The Hall–Kier alpha value is -16.8. The van der Waals surface area contributed by atoms with Gasteiger partial charge < -0.3 is 27.8 Å². The van der Waals surface area contributed by atoms with E-state index in [1.807, 2.05) is 18.2 Å². The number of anilines is 6. The maximum absolute atomic E-state index is 6.68. The number of hydrogen-bond acceptors (Lipinski definition) is 4. The number of benzene rings is 22. The van der Waals surface area contributed by atoms with Gasteiger partial charge in [-0.25, -0.2) is 0 Å². The summed E-state index contributed by atoms with van der Waals surface area (Å²) in [5.74, 6) is 0. The predicted molar refractivity (Wildman–Crippen MR) is 544 cm³/mol. The minimum absolute atomic E-state index is 0.0706. The average Bonchev–Trinajstić information content (AvgIpc) is 1.61. The van der Waals surface area contributed by atoms with Crippen LogP contribution < -0.4 is 9.80 Å². The maximum Gasteiger partial charge on any atom is 0.159 e. The van der Waals surface area contributed by atoms with Crippen molar-refractivity contribution in [1.82, 2.24) is 9.13 Å². The largest absolute Gasteiger partial charge is 0.456 e. The van der Waals surface area contributed by atoms with Crippen molar-refractivity contribution in [3.63, 3.8) is 0 Å². The molecule has 0 unspecified atom stereocenters. The monoisotopic (exact) mass is 1640 g/mol. The molecule has 1 aliphatic rings. The molecule has 129 heavy (non-hydrogen) atoms. The second kappa shape index (κ2) is 29.2. The molecule has 0 radical (unpaired) electrons. The lowest BCUT2D eigenvalue weighted by Gasteiger charge is -2.26. The number of rotatable bonds is 11. The van der Waals surface area contributed by atoms with Crippen molar-refractivity contribution in [2.75, 3.05) is 9.80 Å². The minimum Gasteiger partial charge on any atom is -0.456 e. The summed E-state index contributed by atoms with van der Waals surface area (Å²) in [6.45, 7) is 4.72. The van der Waals surface area contributed by atoms with Gasteiger partial charge in [-0.05, 0) is 278 Å². The Kier molecular flexibility index (Phi) is 16.7. The van der Waals surface area contributed by atoms with Gasteiger partial charge in [-0.3, -0.25) is 0 Å². The molecule has 0 saturated heterocycles. The lowest BCUT2D eigenvalue weighted by Crippen LogP contribution is -2.14. The summed E-state index contributed by atoms with van der Waals surface area (Å²) in [5.41, 5.74) is 29.5. The van der Waals surface area contributed by atoms with E-state index in [-0.39, 0.29) is 5.41 Å². The van der Waals surface area contributed by atoms with E-state index >= 15 is 0 Å². The number of furan rings is 2. The Labute approximate surface area is 744 Å². The first-order valence-electron chi connectivity index (χ1n) is 44.5. The summed E-state index contributed by atoms with van der Waals surface area (Å²) < 4.78 is 17.8. The zero-order chi connectivity index (χ0) is 85.1. The van der Waals surface area contributed by atoms with Crippen LogP contribution in [0.1, 0.15) is 25.0 Å². The number of hydrogen-bond donors (Lipinski definition) is 0. The summed E-state index contributed by atoms with van der Waals surface area (Å²) in [4.78, 5) is 4.75. The van der Waals surface area contributed by atoms with Crippen LogP contribution in [0.2, 0.25) is 0 Å². The highest BCUT2D eigenvalue weighted by molar-refractivity contribution is 6.28. The maximum atomic E-state index is 6.68. The smallest absolute Gasteiger partial charge is 0.159 e. The Bertz CT molecular complexity index is 9030. The summed E-state index contributed by atoms with van der Waals surface area (Å²) >= 11 is 0. The van der Waals surface area contributed by atoms with E-state index < -0.39 is 0 Å². The Balaban J connectivity index is 0.000000140. The topological polar surface area (TPSA) is 42.6 Å². The van der Waals surface area contributed by atoms with Crippen LogP contribution in [0.15, 0.2) is 458 Å². The highest BCUT2D eigenvalue weighted by atomic mass is 16.3. The van der Waals surface area contributed by atoms with Crippen LogP contribution in [-0.2, 0) is 5.41 Å². The van der Waals surface area contributed by atoms with Crippen LogP contribution in [0.4, 0.5) is 34.1 Å². The molecule has 0 fully saturated rings. The van der Waals surface area contributed by atoms with Crippen molar-refractivity contribution in [3.8, 4) is 55.9 Å². The first-order chi connectivity index (χ1) is 63.7. The molecular formula is C123H80N4O2. The van der Waals surface area contributed by atoms with Gasteiger partial charge >= 0.3 is 0 Å². The quantitative estimate of drug-likeness (QED) is 0.121. The third-order valence-corrected chi connectivity index (χ3v) is 27.5. The third-order valence-electron chi connectivity index (χ3n) is 27.5. The zero-order valence-corrected chi connectivity index (χ0v) is 70.8. The van der Waals surface area contributed by atoms with Gasteiger partial charge in [0.15, 0.2) is 5.58 Å². The molecule has 0 atom stereocenters. The molecule has 22 aromatic carbocycles. The summed E-state index contributed by atoms with van der Waals surface area (Å²) in [6, 6.07) is 164. The second-order valence-electron chi connectivity index (χ2n) is 34.9. The van der Waals surface area contributed by atoms with Gasteiger partial charge in [-0.2, -0.15) is 0 Å². The molecule has 6 nitrogen and oxygen atoms in total. The molecule has 4 aromatic heterocycles. The van der Waals surface area contributed by atoms with Crippen LogP contribution >= 0.6 is 0 Å². The van der Waals surface area contributed by atoms with Crippen molar-refractivity contribution in [1.29, 1.82) is 0 Å². The van der Waals surface area contributed by atoms with E-state index in [2.05, 4.69) is 463 Å². The molecular weight excluding hydrogens is 1570 g/mol. The van der Waals surface area contributed by atoms with Crippen LogP contribution in [0.25, 0.3) is 208 Å². The molecule has 0 spiro atoms. The van der Waals surface area contributed by atoms with Crippen molar-refractivity contribution < 1.29 is 8.83 Å². The standard InChI is InChI=1S/C69H46N2O.C54H34N2O/c1-69(2)63-22-12-10-20-56(63)57-33-26-46(40-64(57)69)45-28-36-66-61(39-45)60-38-44(27-35-65(60)71(66)47-14-4-3-5-15-47)43-24-29-48(30-25-43)70(50-32-37-68-62(42-50)58-21-11-13-23-67(58)72-68)49-31-34-55-53-18-7-6-16-51(53)52-17-8-9-19-54(52)59(55)41-49;1-2-13-37(14-3-1)56-50-22-10-8-19-45(50)49-33-36(27-32-51(49)56)35-25-28-38(29-26-35)55(52-23-12-21-47-46-20-9-11-24-53(46)57-54(47)52)39-30-31-44-42-17-5-4-15-40(42)41-16-6-7-18-43(41)48(44)34-39/h3-42H,1-2H3;1-34H. The summed E-state index contributed by atoms with van der Waals surface area (Å²) in [7, 11) is 0. The van der Waals surface area contributed by atoms with E-state index in [4.69, 9.17) is 8.83 Å². The van der Waals surface area contributed by atoms with Gasteiger partial charge in [-0.1, -0.05) is 305 Å². The number of fused-ring (bicyclic) bond motifs is 27. The fourth-order valence-electron chi connectivity index (χ4n) is 21.4. The van der Waals surface area contributed by atoms with Gasteiger partial charge in [0.1, 0.15) is 16.7 Å². The SMILES string of the molecule is CC1(C)c2ccccc2-c2ccc(-c3ccc4c(c3)c3cc(-c5ccc(N(c6ccc7oc8ccccc8c7c6)c6ccc7c8ccccc8c8ccccc8c7c6)cc5)ccc3n4-c3ccccc3)cc21.c1ccc(-n2c3ccccc3c3cc(-c4ccc(N(c5ccc6c7ccccc7c7ccccc7c6c5)c5cccc6c5oc5ccccc56)cc4)ccc32)cc1. The van der Waals surface area contributed by atoms with Crippen molar-refractivity contribution in [3.05, 3.63) is 460 Å². The molecule has 0 N–H and O–H groups in total. The molecule has 4 heterocycles. The number of para-hydroxylation sites is 6. The van der Waals surface area contributed by atoms with Crippen LogP contribution in [-0.4, -0.2) is 9.13 Å². The van der Waals surface area contributed by atoms with Crippen molar-refractivity contribution in [2.45, 2.75) is 19.3 Å². The Morgan fingerprint density at radius 2 is 0.535 bits per heavy atom. The molecule has 26 aromatic rings. The normalized spacial score (nSPS) is 12.5. The lowest BCUT2D eigenvalue weighted by molar-refractivity contribution is 0.660. The van der Waals surface area contributed by atoms with E-state index in [0.717, 1.165) is 101 Å². The molecule has 0 saturated carbocycles. The fourth-order valence-corrected chi connectivity index (χ4v) is 21.4. The Morgan fingerprint density at radius 1 is 0.194 bits per heavy atom. The predicted octanol–water partition coefficient (Wildman–Crippen LogP) is 34.5. The van der Waals surface area contributed by atoms with Crippen LogP contribution in [0.3, 0.4) is 0 Å². The molecule has 27 rings (SSSR count). The second-order valence-corrected chi connectivity index (χ2v) is 34.9. The van der Waals surface area contributed by atoms with Gasteiger partial charge in [-0.15, -0.1) is 0 Å². The fraction of sp³-hybridized carbons (Fsp3) is 0.0244. The number of aromatic nitrogens is 2. The van der Waals surface area contributed by atoms with E-state index in [1.54, 1.807) is 0 Å². The van der Waals surface area contributed by atoms with Crippen molar-refractivity contribution in [2.24, 2.45) is 0 Å². The summed E-state index contributed by atoms with van der Waals surface area (Å²) in [5, 5.41) is 24.4. The Morgan fingerprint density at radius 3 is 1.07 bits per heavy atom. The third kappa shape index (κ3) is 11.7. The first kappa shape index (κ1) is 73.7. The molecule has 0 amide bonds. The minimum atomic E-state index is -0.0706. The molecule has 0 bridgehead atoms. The zero-order valence-electron chi connectivity index (χ0n) is 70.8. The molecule has 0 aliphatic heterocycles. The lowest BCUT2D eigenvalue weighted by atomic mass is 9.81. The van der Waals surface area contributed by atoms with E-state index in [1.165, 1.54) is 153 Å². The highest BCUT2D eigenvalue weighted by Crippen LogP contribution is 2.52. The highest BCUT2D eigenvalue weighted by Gasteiger charge is 2.36. The molecule has 1 aliphatic carbocycles. The van der Waals surface area contributed by atoms with Gasteiger partial charge in [0.2, 0.25) is 0 Å². The van der Waals surface area contributed by atoms with E-state index in [0.29, 0.717) is 0 Å².